The Labute approximate surface area is 161 Å². The molecule has 3 rings (SSSR count). The van der Waals surface area contributed by atoms with Gasteiger partial charge in [0.2, 0.25) is 5.91 Å². The molecule has 2 fully saturated rings. The number of carbonyl (C=O) groups excluding carboxylic acids is 2. The first kappa shape index (κ1) is 19.6. The van der Waals surface area contributed by atoms with Gasteiger partial charge in [-0.3, -0.25) is 9.78 Å². The second-order valence-electron chi connectivity index (χ2n) is 8.94. The van der Waals surface area contributed by atoms with Gasteiger partial charge in [0.25, 0.3) is 0 Å². The Morgan fingerprint density at radius 3 is 2.67 bits per heavy atom. The lowest BCUT2D eigenvalue weighted by Crippen LogP contribution is -2.48. The van der Waals surface area contributed by atoms with Crippen molar-refractivity contribution in [2.45, 2.75) is 65.0 Å². The summed E-state index contributed by atoms with van der Waals surface area (Å²) in [7, 11) is 0. The number of fused-ring (bicyclic) bond motifs is 1. The van der Waals surface area contributed by atoms with Crippen LogP contribution in [0.15, 0.2) is 24.5 Å². The van der Waals surface area contributed by atoms with Gasteiger partial charge < -0.3 is 15.0 Å². The highest BCUT2D eigenvalue weighted by Crippen LogP contribution is 2.47. The highest BCUT2D eigenvalue weighted by atomic mass is 16.6. The number of rotatable bonds is 3. The average molecular weight is 373 g/mol. The number of nitrogens with zero attached hydrogens (tertiary/aromatic N) is 2. The quantitative estimate of drug-likeness (QED) is 0.877. The summed E-state index contributed by atoms with van der Waals surface area (Å²) in [6, 6.07) is 3.75. The van der Waals surface area contributed by atoms with Crippen LogP contribution in [0.5, 0.6) is 0 Å². The van der Waals surface area contributed by atoms with Crippen LogP contribution in [0.25, 0.3) is 0 Å². The number of hydrogen-bond acceptors (Lipinski definition) is 4. The SMILES string of the molecule is C[C@H](NC(=O)[C@@]12CCCC[C@H]1CN(C(=O)OC(C)(C)C)C2)c1ccncc1. The van der Waals surface area contributed by atoms with Gasteiger partial charge in [-0.15, -0.1) is 0 Å². The van der Waals surface area contributed by atoms with Crippen LogP contribution in [0.2, 0.25) is 0 Å². The molecular formula is C21H31N3O3. The summed E-state index contributed by atoms with van der Waals surface area (Å²) in [6.07, 6.45) is 7.10. The van der Waals surface area contributed by atoms with Crippen molar-refractivity contribution in [1.29, 1.82) is 0 Å². The molecule has 2 aliphatic rings. The highest BCUT2D eigenvalue weighted by Gasteiger charge is 2.54. The normalized spacial score (nSPS) is 26.2. The molecule has 1 N–H and O–H groups in total. The summed E-state index contributed by atoms with van der Waals surface area (Å²) in [5.41, 5.74) is -0.00357. The fraction of sp³-hybridized carbons (Fsp3) is 0.667. The second-order valence-corrected chi connectivity index (χ2v) is 8.94. The van der Waals surface area contributed by atoms with Crippen molar-refractivity contribution in [2.75, 3.05) is 13.1 Å². The maximum absolute atomic E-state index is 13.3. The number of pyridine rings is 1. The van der Waals surface area contributed by atoms with Gasteiger partial charge in [0, 0.05) is 25.5 Å². The lowest BCUT2D eigenvalue weighted by Gasteiger charge is -2.37. The molecule has 6 heteroatoms. The molecule has 0 unspecified atom stereocenters. The lowest BCUT2D eigenvalue weighted by molar-refractivity contribution is -0.135. The number of aromatic nitrogens is 1. The van der Waals surface area contributed by atoms with Gasteiger partial charge in [0.1, 0.15) is 5.60 Å². The molecule has 3 atom stereocenters. The van der Waals surface area contributed by atoms with E-state index in [9.17, 15) is 9.59 Å². The number of nitrogens with one attached hydrogen (secondary N) is 1. The van der Waals surface area contributed by atoms with Gasteiger partial charge in [-0.2, -0.15) is 0 Å². The first-order chi connectivity index (χ1) is 12.7. The minimum Gasteiger partial charge on any atom is -0.444 e. The zero-order valence-electron chi connectivity index (χ0n) is 16.8. The maximum Gasteiger partial charge on any atom is 0.410 e. The van der Waals surface area contributed by atoms with Gasteiger partial charge in [0.15, 0.2) is 0 Å². The highest BCUT2D eigenvalue weighted by molar-refractivity contribution is 5.85. The van der Waals surface area contributed by atoms with E-state index in [0.29, 0.717) is 13.1 Å². The molecule has 1 aliphatic carbocycles. The minimum atomic E-state index is -0.532. The van der Waals surface area contributed by atoms with Crippen molar-refractivity contribution in [2.24, 2.45) is 11.3 Å². The molecule has 27 heavy (non-hydrogen) atoms. The molecule has 2 amide bonds. The summed E-state index contributed by atoms with van der Waals surface area (Å²) in [4.78, 5) is 31.7. The third-order valence-corrected chi connectivity index (χ3v) is 5.78. The van der Waals surface area contributed by atoms with E-state index in [1.54, 1.807) is 17.3 Å². The minimum absolute atomic E-state index is 0.0579. The summed E-state index contributed by atoms with van der Waals surface area (Å²) in [6.45, 7) is 8.64. The third-order valence-electron chi connectivity index (χ3n) is 5.78. The maximum atomic E-state index is 13.3. The number of likely N-dealkylation sites (tertiary alicyclic amines) is 1. The average Bonchev–Trinajstić information content (AvgIpc) is 3.02. The van der Waals surface area contributed by atoms with Crippen molar-refractivity contribution >= 4 is 12.0 Å². The Morgan fingerprint density at radius 2 is 2.00 bits per heavy atom. The van der Waals surface area contributed by atoms with Crippen LogP contribution < -0.4 is 5.32 Å². The zero-order valence-corrected chi connectivity index (χ0v) is 16.8. The monoisotopic (exact) mass is 373 g/mol. The second kappa shape index (κ2) is 7.49. The molecule has 0 radical (unpaired) electrons. The van der Waals surface area contributed by atoms with Crippen LogP contribution >= 0.6 is 0 Å². The van der Waals surface area contributed by atoms with E-state index in [1.165, 1.54) is 0 Å². The van der Waals surface area contributed by atoms with E-state index < -0.39 is 11.0 Å². The van der Waals surface area contributed by atoms with Gasteiger partial charge in [-0.05, 0) is 64.2 Å². The molecule has 0 spiro atoms. The molecular weight excluding hydrogens is 342 g/mol. The van der Waals surface area contributed by atoms with Crippen molar-refractivity contribution in [3.05, 3.63) is 30.1 Å². The Kier molecular flexibility index (Phi) is 5.45. The standard InChI is InChI=1S/C21H31N3O3/c1-15(16-8-11-22-12-9-16)23-18(25)21-10-6-5-7-17(21)13-24(14-21)19(26)27-20(2,3)4/h8-9,11-12,15,17H,5-7,10,13-14H2,1-4H3,(H,23,25)/t15-,17-,21+/m0/s1. The Balaban J connectivity index is 1.74. The lowest BCUT2D eigenvalue weighted by atomic mass is 9.67. The van der Waals surface area contributed by atoms with Crippen LogP contribution in [-0.2, 0) is 9.53 Å². The van der Waals surface area contributed by atoms with Gasteiger partial charge in [-0.1, -0.05) is 12.8 Å². The molecule has 0 bridgehead atoms. The summed E-state index contributed by atoms with van der Waals surface area (Å²) in [5.74, 6) is 0.256. The number of ether oxygens (including phenoxy) is 1. The first-order valence-corrected chi connectivity index (χ1v) is 9.90. The van der Waals surface area contributed by atoms with Gasteiger partial charge in [-0.25, -0.2) is 4.79 Å². The Morgan fingerprint density at radius 1 is 1.30 bits per heavy atom. The molecule has 1 aromatic heterocycles. The number of hydrogen-bond donors (Lipinski definition) is 1. The summed E-state index contributed by atoms with van der Waals surface area (Å²) < 4.78 is 5.55. The number of amides is 2. The topological polar surface area (TPSA) is 71.5 Å². The summed E-state index contributed by atoms with van der Waals surface area (Å²) in [5, 5.41) is 3.19. The van der Waals surface area contributed by atoms with E-state index >= 15 is 0 Å². The third kappa shape index (κ3) is 4.25. The zero-order chi connectivity index (χ0) is 19.7. The summed E-state index contributed by atoms with van der Waals surface area (Å²) >= 11 is 0. The van der Waals surface area contributed by atoms with Crippen LogP contribution in [0.1, 0.15) is 65.0 Å². The van der Waals surface area contributed by atoms with E-state index in [-0.39, 0.29) is 24.0 Å². The van der Waals surface area contributed by atoms with E-state index in [0.717, 1.165) is 31.2 Å². The van der Waals surface area contributed by atoms with Crippen LogP contribution in [-0.4, -0.2) is 40.6 Å². The van der Waals surface area contributed by atoms with Crippen LogP contribution in [0.3, 0.4) is 0 Å². The molecule has 0 aromatic carbocycles. The van der Waals surface area contributed by atoms with E-state index in [1.807, 2.05) is 39.8 Å². The number of carbonyl (C=O) groups is 2. The molecule has 2 heterocycles. The molecule has 1 aliphatic heterocycles. The molecule has 1 saturated carbocycles. The van der Waals surface area contributed by atoms with Crippen molar-refractivity contribution in [1.82, 2.24) is 15.2 Å². The smallest absolute Gasteiger partial charge is 0.410 e. The molecule has 1 aromatic rings. The van der Waals surface area contributed by atoms with E-state index in [4.69, 9.17) is 4.74 Å². The van der Waals surface area contributed by atoms with Crippen molar-refractivity contribution < 1.29 is 14.3 Å². The Bertz CT molecular complexity index is 686. The predicted octanol–water partition coefficient (Wildman–Crippen LogP) is 3.69. The molecule has 6 nitrogen and oxygen atoms in total. The largest absolute Gasteiger partial charge is 0.444 e. The van der Waals surface area contributed by atoms with Crippen LogP contribution in [0.4, 0.5) is 4.79 Å². The molecule has 1 saturated heterocycles. The van der Waals surface area contributed by atoms with Crippen molar-refractivity contribution in [3.8, 4) is 0 Å². The predicted molar refractivity (Wildman–Crippen MR) is 103 cm³/mol. The fourth-order valence-electron chi connectivity index (χ4n) is 4.37. The van der Waals surface area contributed by atoms with Crippen molar-refractivity contribution in [3.63, 3.8) is 0 Å². The fourth-order valence-corrected chi connectivity index (χ4v) is 4.37. The van der Waals surface area contributed by atoms with E-state index in [2.05, 4.69) is 10.3 Å². The first-order valence-electron chi connectivity index (χ1n) is 9.90. The Hall–Kier alpha value is -2.11. The van der Waals surface area contributed by atoms with Gasteiger partial charge in [0.05, 0.1) is 11.5 Å². The van der Waals surface area contributed by atoms with Crippen LogP contribution in [0, 0.1) is 11.3 Å². The van der Waals surface area contributed by atoms with Gasteiger partial charge >= 0.3 is 6.09 Å². The molecule has 148 valence electrons.